The summed E-state index contributed by atoms with van der Waals surface area (Å²) in [5.41, 5.74) is 4.00. The van der Waals surface area contributed by atoms with Crippen molar-refractivity contribution >= 4 is 18.0 Å². The van der Waals surface area contributed by atoms with E-state index >= 15 is 0 Å². The van der Waals surface area contributed by atoms with Gasteiger partial charge in [0, 0.05) is 24.9 Å². The Morgan fingerprint density at radius 2 is 1.66 bits per heavy atom. The average Bonchev–Trinajstić information content (AvgIpc) is 3.13. The number of benzene rings is 2. The predicted octanol–water partition coefficient (Wildman–Crippen LogP) is 2.74. The summed E-state index contributed by atoms with van der Waals surface area (Å²) < 4.78 is 5.65. The van der Waals surface area contributed by atoms with Gasteiger partial charge in [-0.1, -0.05) is 48.5 Å². The smallest absolute Gasteiger partial charge is 0.407 e. The highest BCUT2D eigenvalue weighted by atomic mass is 16.5. The van der Waals surface area contributed by atoms with E-state index in [4.69, 9.17) is 4.74 Å². The van der Waals surface area contributed by atoms with Gasteiger partial charge in [-0.3, -0.25) is 4.79 Å². The molecule has 1 saturated heterocycles. The summed E-state index contributed by atoms with van der Waals surface area (Å²) in [6, 6.07) is 15.1. The topological polar surface area (TPSA) is 116 Å². The standard InChI is InChI=1S/C27H28N2O6/c30-17-10-23(24(31)32)29(13-17)25(33)27-11-15(27)9-16(12-27)28-26(34)35-14-22-20-7-3-1-5-18(20)19-6-2-4-8-21(19)22/h1-8,15-17,22-23,30H,9-14H2,(H,28,34)(H,31,32). The lowest BCUT2D eigenvalue weighted by atomic mass is 9.98. The summed E-state index contributed by atoms with van der Waals surface area (Å²) in [7, 11) is 0. The summed E-state index contributed by atoms with van der Waals surface area (Å²) in [6.07, 6.45) is 0.589. The quantitative estimate of drug-likeness (QED) is 0.611. The van der Waals surface area contributed by atoms with Crippen LogP contribution in [-0.2, 0) is 14.3 Å². The molecular weight excluding hydrogens is 448 g/mol. The van der Waals surface area contributed by atoms with E-state index in [0.29, 0.717) is 19.3 Å². The summed E-state index contributed by atoms with van der Waals surface area (Å²) in [5, 5.41) is 22.3. The van der Waals surface area contributed by atoms with Crippen LogP contribution in [0, 0.1) is 11.3 Å². The number of nitrogens with zero attached hydrogens (tertiary/aromatic N) is 1. The van der Waals surface area contributed by atoms with E-state index in [2.05, 4.69) is 29.6 Å². The van der Waals surface area contributed by atoms with Crippen LogP contribution in [0.1, 0.15) is 42.7 Å². The maximum atomic E-state index is 13.2. The fraction of sp³-hybridized carbons (Fsp3) is 0.444. The SMILES string of the molecule is O=C(NC1CC2CC2(C(=O)N2CC(O)CC2C(=O)O)C1)OCC1c2ccccc2-c2ccccc21. The maximum Gasteiger partial charge on any atom is 0.407 e. The van der Waals surface area contributed by atoms with Crippen molar-refractivity contribution < 1.29 is 29.3 Å². The number of carbonyl (C=O) groups is 3. The number of amides is 2. The fourth-order valence-electron chi connectivity index (χ4n) is 6.63. The van der Waals surface area contributed by atoms with Crippen LogP contribution >= 0.6 is 0 Å². The minimum atomic E-state index is -1.09. The van der Waals surface area contributed by atoms with Crippen LogP contribution in [0.15, 0.2) is 48.5 Å². The van der Waals surface area contributed by atoms with E-state index < -0.39 is 29.6 Å². The van der Waals surface area contributed by atoms with Crippen LogP contribution in [0.3, 0.4) is 0 Å². The molecule has 0 bridgehead atoms. The first kappa shape index (κ1) is 22.1. The molecule has 1 heterocycles. The lowest BCUT2D eigenvalue weighted by Crippen LogP contribution is -2.45. The Morgan fingerprint density at radius 3 is 2.31 bits per heavy atom. The van der Waals surface area contributed by atoms with Gasteiger partial charge in [0.05, 0.1) is 11.5 Å². The first-order valence-corrected chi connectivity index (χ1v) is 12.2. The molecule has 8 heteroatoms. The van der Waals surface area contributed by atoms with Crippen LogP contribution in [0.4, 0.5) is 4.79 Å². The molecule has 182 valence electrons. The molecular formula is C27H28N2O6. The van der Waals surface area contributed by atoms with E-state index in [0.717, 1.165) is 11.1 Å². The zero-order valence-electron chi connectivity index (χ0n) is 19.2. The number of carboxylic acids is 1. The molecule has 1 aliphatic heterocycles. The zero-order valence-corrected chi connectivity index (χ0v) is 19.2. The highest BCUT2D eigenvalue weighted by Gasteiger charge is 2.67. The number of likely N-dealkylation sites (tertiary alicyclic amines) is 1. The molecule has 8 nitrogen and oxygen atoms in total. The van der Waals surface area contributed by atoms with Crippen LogP contribution in [-0.4, -0.2) is 64.4 Å². The molecule has 0 radical (unpaired) electrons. The Morgan fingerprint density at radius 1 is 1.00 bits per heavy atom. The van der Waals surface area contributed by atoms with Gasteiger partial charge in [-0.05, 0) is 47.4 Å². The van der Waals surface area contributed by atoms with Gasteiger partial charge in [-0.25, -0.2) is 9.59 Å². The second-order valence-corrected chi connectivity index (χ2v) is 10.4. The van der Waals surface area contributed by atoms with Gasteiger partial charge in [0.15, 0.2) is 0 Å². The molecule has 0 aromatic heterocycles. The van der Waals surface area contributed by atoms with Crippen LogP contribution < -0.4 is 5.32 Å². The lowest BCUT2D eigenvalue weighted by Gasteiger charge is -2.26. The molecule has 35 heavy (non-hydrogen) atoms. The van der Waals surface area contributed by atoms with Crippen molar-refractivity contribution in [1.82, 2.24) is 10.2 Å². The van der Waals surface area contributed by atoms with Gasteiger partial charge in [0.1, 0.15) is 12.6 Å². The van der Waals surface area contributed by atoms with Crippen molar-refractivity contribution in [3.63, 3.8) is 0 Å². The number of ether oxygens (including phenoxy) is 1. The van der Waals surface area contributed by atoms with Crippen molar-refractivity contribution in [2.24, 2.45) is 11.3 Å². The second kappa shape index (κ2) is 8.09. The minimum Gasteiger partial charge on any atom is -0.480 e. The van der Waals surface area contributed by atoms with E-state index in [1.807, 2.05) is 24.3 Å². The average molecular weight is 477 g/mol. The van der Waals surface area contributed by atoms with Gasteiger partial charge in [-0.2, -0.15) is 0 Å². The zero-order chi connectivity index (χ0) is 24.3. The molecule has 5 unspecified atom stereocenters. The fourth-order valence-corrected chi connectivity index (χ4v) is 6.63. The largest absolute Gasteiger partial charge is 0.480 e. The first-order chi connectivity index (χ1) is 16.9. The molecule has 3 N–H and O–H groups in total. The number of alkyl carbamates (subject to hydrolysis) is 1. The Kier molecular flexibility index (Phi) is 5.11. The number of carbonyl (C=O) groups excluding carboxylic acids is 2. The Balaban J connectivity index is 1.08. The van der Waals surface area contributed by atoms with Gasteiger partial charge < -0.3 is 25.2 Å². The molecule has 5 atom stereocenters. The number of hydrogen-bond donors (Lipinski definition) is 3. The van der Waals surface area contributed by atoms with Crippen LogP contribution in [0.5, 0.6) is 0 Å². The van der Waals surface area contributed by atoms with Gasteiger partial charge in [0.2, 0.25) is 5.91 Å². The number of hydrogen-bond acceptors (Lipinski definition) is 5. The second-order valence-electron chi connectivity index (χ2n) is 10.4. The molecule has 2 amide bonds. The number of carboxylic acid groups (broad SMARTS) is 1. The lowest BCUT2D eigenvalue weighted by molar-refractivity contribution is -0.150. The van der Waals surface area contributed by atoms with Crippen molar-refractivity contribution in [2.75, 3.05) is 13.2 Å². The number of aliphatic hydroxyl groups is 1. The number of β-amino-alcohol motifs (C(OH)–C–C–N with tert-alkyl or cyclic N) is 1. The van der Waals surface area contributed by atoms with Crippen molar-refractivity contribution in [3.8, 4) is 11.1 Å². The summed E-state index contributed by atoms with van der Waals surface area (Å²) in [4.78, 5) is 38.8. The summed E-state index contributed by atoms with van der Waals surface area (Å²) in [6.45, 7) is 0.279. The number of nitrogens with one attached hydrogen (secondary N) is 1. The number of aliphatic hydroxyl groups excluding tert-OH is 1. The summed E-state index contributed by atoms with van der Waals surface area (Å²) >= 11 is 0. The number of fused-ring (bicyclic) bond motifs is 4. The molecule has 3 aliphatic carbocycles. The molecule has 3 fully saturated rings. The normalized spacial score (nSPS) is 30.4. The van der Waals surface area contributed by atoms with Gasteiger partial charge in [0.25, 0.3) is 0 Å². The van der Waals surface area contributed by atoms with Crippen molar-refractivity contribution in [2.45, 2.75) is 49.8 Å². The third kappa shape index (κ3) is 3.58. The maximum absolute atomic E-state index is 13.2. The predicted molar refractivity (Wildman–Crippen MR) is 126 cm³/mol. The highest BCUT2D eigenvalue weighted by Crippen LogP contribution is 2.64. The Hall–Kier alpha value is -3.39. The van der Waals surface area contributed by atoms with E-state index in [1.54, 1.807) is 0 Å². The van der Waals surface area contributed by atoms with E-state index in [1.165, 1.54) is 16.0 Å². The van der Waals surface area contributed by atoms with Crippen molar-refractivity contribution in [1.29, 1.82) is 0 Å². The molecule has 2 aromatic carbocycles. The monoisotopic (exact) mass is 476 g/mol. The van der Waals surface area contributed by atoms with E-state index in [9.17, 15) is 24.6 Å². The molecule has 0 spiro atoms. The van der Waals surface area contributed by atoms with Gasteiger partial charge in [-0.15, -0.1) is 0 Å². The molecule has 2 saturated carbocycles. The molecule has 2 aromatic rings. The third-order valence-corrected chi connectivity index (χ3v) is 8.33. The summed E-state index contributed by atoms with van der Waals surface area (Å²) in [5.74, 6) is -1.19. The van der Waals surface area contributed by atoms with Crippen LogP contribution in [0.2, 0.25) is 0 Å². The highest BCUT2D eigenvalue weighted by molar-refractivity contribution is 5.91. The van der Waals surface area contributed by atoms with E-state index in [-0.39, 0.29) is 43.4 Å². The third-order valence-electron chi connectivity index (χ3n) is 8.33. The Bertz CT molecular complexity index is 1170. The van der Waals surface area contributed by atoms with Crippen LogP contribution in [0.25, 0.3) is 11.1 Å². The van der Waals surface area contributed by atoms with Crippen molar-refractivity contribution in [3.05, 3.63) is 59.7 Å². The number of aliphatic carboxylic acids is 1. The molecule has 4 aliphatic rings. The number of rotatable bonds is 5. The Labute approximate surface area is 202 Å². The van der Waals surface area contributed by atoms with Gasteiger partial charge >= 0.3 is 12.1 Å². The molecule has 6 rings (SSSR count). The first-order valence-electron chi connectivity index (χ1n) is 12.2. The minimum absolute atomic E-state index is 0.0207.